The minimum absolute atomic E-state index is 0.0307. The van der Waals surface area contributed by atoms with E-state index in [4.69, 9.17) is 4.42 Å². The summed E-state index contributed by atoms with van der Waals surface area (Å²) in [5.41, 5.74) is 0.534. The van der Waals surface area contributed by atoms with Gasteiger partial charge in [-0.3, -0.25) is 4.68 Å². The minimum atomic E-state index is -4.16. The van der Waals surface area contributed by atoms with E-state index >= 15 is 0 Å². The Kier molecular flexibility index (Phi) is 5.24. The smallest absolute Gasteiger partial charge is 0.389 e. The van der Waals surface area contributed by atoms with Gasteiger partial charge in [-0.2, -0.15) is 18.3 Å². The zero-order valence-electron chi connectivity index (χ0n) is 13.7. The maximum Gasteiger partial charge on any atom is 0.389 e. The monoisotopic (exact) mass is 389 g/mol. The molecule has 0 fully saturated rings. The molecule has 1 aliphatic heterocycles. The molecule has 6 nitrogen and oxygen atoms in total. The first kappa shape index (κ1) is 18.7. The maximum atomic E-state index is 12.2. The van der Waals surface area contributed by atoms with Gasteiger partial charge in [0.2, 0.25) is 0 Å². The van der Waals surface area contributed by atoms with Crippen LogP contribution in [0.3, 0.4) is 0 Å². The van der Waals surface area contributed by atoms with E-state index in [0.717, 1.165) is 0 Å². The van der Waals surface area contributed by atoms with Gasteiger partial charge in [0.15, 0.2) is 15.6 Å². The maximum absolute atomic E-state index is 12.2. The second kappa shape index (κ2) is 7.28. The van der Waals surface area contributed by atoms with Crippen LogP contribution < -0.4 is 5.32 Å². The van der Waals surface area contributed by atoms with Crippen LogP contribution >= 0.6 is 0 Å². The van der Waals surface area contributed by atoms with Crippen molar-refractivity contribution in [1.82, 2.24) is 15.1 Å². The molecule has 142 valence electrons. The SMILES string of the molecule is O=S1(=O)C=CC(NCc2ccc(-c3ccn(CCCC(F)(F)F)n3)o2)C1. The van der Waals surface area contributed by atoms with Gasteiger partial charge < -0.3 is 9.73 Å². The molecule has 3 heterocycles. The zero-order valence-corrected chi connectivity index (χ0v) is 14.6. The molecule has 10 heteroatoms. The minimum Gasteiger partial charge on any atom is -0.458 e. The number of rotatable bonds is 7. The van der Waals surface area contributed by atoms with E-state index in [9.17, 15) is 21.6 Å². The Balaban J connectivity index is 1.52. The zero-order chi connectivity index (χ0) is 18.8. The summed E-state index contributed by atoms with van der Waals surface area (Å²) in [5, 5.41) is 8.49. The lowest BCUT2D eigenvalue weighted by Gasteiger charge is -2.07. The number of alkyl halides is 3. The van der Waals surface area contributed by atoms with Crippen LogP contribution in [0.2, 0.25) is 0 Å². The number of aryl methyl sites for hydroxylation is 1. The first-order valence-electron chi connectivity index (χ1n) is 8.04. The van der Waals surface area contributed by atoms with E-state index in [1.165, 1.54) is 10.1 Å². The third-order valence-electron chi connectivity index (χ3n) is 3.87. The molecule has 0 saturated carbocycles. The summed E-state index contributed by atoms with van der Waals surface area (Å²) >= 11 is 0. The Morgan fingerprint density at radius 3 is 2.81 bits per heavy atom. The Labute approximate surface area is 148 Å². The van der Waals surface area contributed by atoms with Crippen molar-refractivity contribution in [3.05, 3.63) is 41.6 Å². The first-order valence-corrected chi connectivity index (χ1v) is 9.75. The number of nitrogens with one attached hydrogen (secondary N) is 1. The number of halogens is 3. The van der Waals surface area contributed by atoms with Crippen molar-refractivity contribution < 1.29 is 26.0 Å². The van der Waals surface area contributed by atoms with Crippen molar-refractivity contribution in [3.63, 3.8) is 0 Å². The molecule has 0 amide bonds. The average molecular weight is 389 g/mol. The lowest BCUT2D eigenvalue weighted by atomic mass is 10.3. The van der Waals surface area contributed by atoms with Gasteiger partial charge in [-0.05, 0) is 24.6 Å². The van der Waals surface area contributed by atoms with Crippen LogP contribution in [0.25, 0.3) is 11.5 Å². The summed E-state index contributed by atoms with van der Waals surface area (Å²) < 4.78 is 66.3. The first-order chi connectivity index (χ1) is 12.2. The Morgan fingerprint density at radius 1 is 1.31 bits per heavy atom. The van der Waals surface area contributed by atoms with Gasteiger partial charge in [-0.15, -0.1) is 0 Å². The van der Waals surface area contributed by atoms with Gasteiger partial charge in [-0.1, -0.05) is 6.08 Å². The second-order valence-corrected chi connectivity index (χ2v) is 8.03. The summed E-state index contributed by atoms with van der Waals surface area (Å²) in [7, 11) is -3.11. The number of furan rings is 1. The van der Waals surface area contributed by atoms with Gasteiger partial charge in [0.1, 0.15) is 11.5 Å². The van der Waals surface area contributed by atoms with E-state index in [-0.39, 0.29) is 24.8 Å². The van der Waals surface area contributed by atoms with Crippen molar-refractivity contribution in [2.24, 2.45) is 0 Å². The molecule has 0 bridgehead atoms. The molecule has 0 spiro atoms. The fourth-order valence-corrected chi connectivity index (χ4v) is 3.87. The molecule has 3 rings (SSSR count). The topological polar surface area (TPSA) is 77.1 Å². The van der Waals surface area contributed by atoms with E-state index in [0.29, 0.717) is 23.8 Å². The Morgan fingerprint density at radius 2 is 2.12 bits per heavy atom. The third-order valence-corrected chi connectivity index (χ3v) is 5.27. The summed E-state index contributed by atoms with van der Waals surface area (Å²) in [4.78, 5) is 0. The van der Waals surface area contributed by atoms with Crippen LogP contribution in [0.15, 0.2) is 40.3 Å². The van der Waals surface area contributed by atoms with Crippen LogP contribution in [0.5, 0.6) is 0 Å². The fourth-order valence-electron chi connectivity index (χ4n) is 2.60. The van der Waals surface area contributed by atoms with Crippen LogP contribution in [0, 0.1) is 0 Å². The average Bonchev–Trinajstić information content (AvgIpc) is 3.23. The summed E-state index contributed by atoms with van der Waals surface area (Å²) in [6.07, 6.45) is -1.82. The highest BCUT2D eigenvalue weighted by Crippen LogP contribution is 2.23. The van der Waals surface area contributed by atoms with Gasteiger partial charge in [0.25, 0.3) is 0 Å². The largest absolute Gasteiger partial charge is 0.458 e. The van der Waals surface area contributed by atoms with Crippen molar-refractivity contribution in [1.29, 1.82) is 0 Å². The third kappa shape index (κ3) is 5.21. The highest BCUT2D eigenvalue weighted by molar-refractivity contribution is 7.94. The molecule has 26 heavy (non-hydrogen) atoms. The number of sulfone groups is 1. The van der Waals surface area contributed by atoms with Gasteiger partial charge >= 0.3 is 6.18 Å². The lowest BCUT2D eigenvalue weighted by molar-refractivity contribution is -0.136. The highest BCUT2D eigenvalue weighted by atomic mass is 32.2. The van der Waals surface area contributed by atoms with Gasteiger partial charge in [0.05, 0.1) is 12.3 Å². The van der Waals surface area contributed by atoms with Crippen LogP contribution in [-0.2, 0) is 22.9 Å². The Hall–Kier alpha value is -2.07. The van der Waals surface area contributed by atoms with E-state index in [1.54, 1.807) is 30.5 Å². The van der Waals surface area contributed by atoms with E-state index in [2.05, 4.69) is 10.4 Å². The van der Waals surface area contributed by atoms with Gasteiger partial charge in [-0.25, -0.2) is 8.42 Å². The predicted octanol–water partition coefficient (Wildman–Crippen LogP) is 2.89. The van der Waals surface area contributed by atoms with E-state index < -0.39 is 22.4 Å². The van der Waals surface area contributed by atoms with E-state index in [1.807, 2.05) is 0 Å². The molecule has 2 aromatic rings. The quantitative estimate of drug-likeness (QED) is 0.788. The lowest BCUT2D eigenvalue weighted by Crippen LogP contribution is -2.29. The normalized spacial score (nSPS) is 19.3. The molecule has 1 aliphatic rings. The number of hydrogen-bond donors (Lipinski definition) is 1. The fraction of sp³-hybridized carbons (Fsp3) is 0.438. The van der Waals surface area contributed by atoms with Crippen LogP contribution in [0.1, 0.15) is 18.6 Å². The molecule has 0 aliphatic carbocycles. The molecule has 2 aromatic heterocycles. The number of nitrogens with zero attached hydrogens (tertiary/aromatic N) is 2. The highest BCUT2D eigenvalue weighted by Gasteiger charge is 2.26. The molecule has 0 radical (unpaired) electrons. The molecule has 1 N–H and O–H groups in total. The van der Waals surface area contributed by atoms with Crippen molar-refractivity contribution in [2.75, 3.05) is 5.75 Å². The predicted molar refractivity (Wildman–Crippen MR) is 88.8 cm³/mol. The number of hydrogen-bond acceptors (Lipinski definition) is 5. The number of aromatic nitrogens is 2. The van der Waals surface area contributed by atoms with Crippen molar-refractivity contribution in [2.45, 2.75) is 38.1 Å². The molecular weight excluding hydrogens is 371 g/mol. The van der Waals surface area contributed by atoms with Gasteiger partial charge in [0, 0.05) is 30.6 Å². The van der Waals surface area contributed by atoms with Crippen LogP contribution in [0.4, 0.5) is 13.2 Å². The molecule has 0 aromatic carbocycles. The summed E-state index contributed by atoms with van der Waals surface area (Å²) in [6, 6.07) is 4.90. The summed E-state index contributed by atoms with van der Waals surface area (Å²) in [5.74, 6) is 1.15. The second-order valence-electron chi connectivity index (χ2n) is 6.09. The molecule has 1 unspecified atom stereocenters. The molecule has 0 saturated heterocycles. The molecule has 1 atom stereocenters. The van der Waals surface area contributed by atoms with Crippen molar-refractivity contribution >= 4 is 9.84 Å². The van der Waals surface area contributed by atoms with Crippen LogP contribution in [-0.4, -0.2) is 36.2 Å². The van der Waals surface area contributed by atoms with Crippen molar-refractivity contribution in [3.8, 4) is 11.5 Å². The standard InChI is InChI=1S/C16H18F3N3O3S/c17-16(18,19)6-1-7-22-8-4-14(21-22)15-3-2-13(25-15)10-20-12-5-9-26(23,24)11-12/h2-5,8-9,12,20H,1,6-7,10-11H2. The molecular formula is C16H18F3N3O3S. The Bertz CT molecular complexity index is 884. The summed E-state index contributed by atoms with van der Waals surface area (Å²) in [6.45, 7) is 0.536.